The molecule has 0 saturated carbocycles. The van der Waals surface area contributed by atoms with E-state index in [0.29, 0.717) is 0 Å². The zero-order chi connectivity index (χ0) is 6.24. The summed E-state index contributed by atoms with van der Waals surface area (Å²) in [5.74, 6) is 0. The van der Waals surface area contributed by atoms with Gasteiger partial charge >= 0.3 is 46.1 Å². The third-order valence-electron chi connectivity index (χ3n) is 1.46. The first-order valence-electron chi connectivity index (χ1n) is 3.91. The molecule has 0 aliphatic heterocycles. The van der Waals surface area contributed by atoms with Gasteiger partial charge < -0.3 is 67.9 Å². The average Bonchev–Trinajstić information content (AvgIpc) is 1.81. The van der Waals surface area contributed by atoms with Gasteiger partial charge in [-0.25, -0.2) is 0 Å². The van der Waals surface area contributed by atoms with E-state index in [4.69, 9.17) is 0 Å². The van der Waals surface area contributed by atoms with E-state index in [1.54, 1.807) is 0 Å². The Hall–Kier alpha value is 3.45. The molecule has 0 bridgehead atoms. The summed E-state index contributed by atoms with van der Waals surface area (Å²) in [6.07, 6.45) is 8.49. The van der Waals surface area contributed by atoms with Gasteiger partial charge in [0.25, 0.3) is 0 Å². The number of rotatable bonds is 5. The van der Waals surface area contributed by atoms with Crippen LogP contribution in [0.4, 0.5) is 0 Å². The van der Waals surface area contributed by atoms with Crippen LogP contribution in [0.3, 0.4) is 0 Å². The molecule has 0 heterocycles. The fourth-order valence-corrected chi connectivity index (χ4v) is 0.854. The van der Waals surface area contributed by atoms with Crippen LogP contribution in [0.15, 0.2) is 0 Å². The second kappa shape index (κ2) is 44.0. The minimum absolute atomic E-state index is 0. The third kappa shape index (κ3) is 45.2. The van der Waals surface area contributed by atoms with Gasteiger partial charge in [-0.05, 0) is 0 Å². The van der Waals surface area contributed by atoms with E-state index in [0.717, 1.165) is 0 Å². The van der Waals surface area contributed by atoms with Crippen molar-refractivity contribution in [1.82, 2.24) is 0 Å². The summed E-state index contributed by atoms with van der Waals surface area (Å²) < 4.78 is 0. The first-order valence-corrected chi connectivity index (χ1v) is 3.91. The largest absolute Gasteiger partial charge is 2.00 e. The monoisotopic (exact) mass is 478 g/mol. The second-order valence-electron chi connectivity index (χ2n) is 2.41. The van der Waals surface area contributed by atoms with Gasteiger partial charge in [0.2, 0.25) is 0 Å². The molecular formula is C8H18Br4Mg2. The Bertz CT molecular complexity index is 44.3. The molecule has 0 aliphatic rings. The van der Waals surface area contributed by atoms with Crippen LogP contribution >= 0.6 is 0 Å². The summed E-state index contributed by atoms with van der Waals surface area (Å²) in [5, 5.41) is 0. The van der Waals surface area contributed by atoms with E-state index in [-0.39, 0.29) is 114 Å². The predicted octanol–water partition coefficient (Wildman–Crippen LogP) is -9.38. The van der Waals surface area contributed by atoms with E-state index in [1.165, 1.54) is 38.5 Å². The number of halogens is 4. The zero-order valence-electron chi connectivity index (χ0n) is 9.17. The van der Waals surface area contributed by atoms with E-state index in [9.17, 15) is 0 Å². The van der Waals surface area contributed by atoms with Crippen molar-refractivity contribution in [2.75, 3.05) is 0 Å². The Balaban J connectivity index is -0.0000000163. The van der Waals surface area contributed by atoms with Gasteiger partial charge in [-0.15, -0.1) is 0 Å². The van der Waals surface area contributed by atoms with Crippen molar-refractivity contribution in [1.29, 1.82) is 0 Å². The van der Waals surface area contributed by atoms with E-state index >= 15 is 0 Å². The van der Waals surface area contributed by atoms with Gasteiger partial charge in [0.1, 0.15) is 0 Å². The summed E-state index contributed by atoms with van der Waals surface area (Å²) in [6, 6.07) is 0. The van der Waals surface area contributed by atoms with Crippen molar-refractivity contribution in [3.8, 4) is 0 Å². The van der Waals surface area contributed by atoms with Crippen molar-refractivity contribution in [2.45, 2.75) is 52.4 Å². The molecule has 0 saturated heterocycles. The van der Waals surface area contributed by atoms with Gasteiger partial charge in [-0.3, -0.25) is 0 Å². The molecular weight excluding hydrogens is 464 g/mol. The molecule has 0 amide bonds. The fraction of sp³-hybridized carbons (Fsp3) is 1.00. The number of unbranched alkanes of at least 4 members (excludes halogenated alkanes) is 5. The van der Waals surface area contributed by atoms with Crippen molar-refractivity contribution in [3.05, 3.63) is 0 Å². The molecule has 0 fully saturated rings. The van der Waals surface area contributed by atoms with Crippen LogP contribution in [0.1, 0.15) is 52.4 Å². The quantitative estimate of drug-likeness (QED) is 0.270. The van der Waals surface area contributed by atoms with Crippen molar-refractivity contribution in [2.24, 2.45) is 0 Å². The van der Waals surface area contributed by atoms with Gasteiger partial charge in [0, 0.05) is 0 Å². The first kappa shape index (κ1) is 43.2. The summed E-state index contributed by atoms with van der Waals surface area (Å²) in [7, 11) is 0. The molecule has 0 spiro atoms. The smallest absolute Gasteiger partial charge is 1.00 e. The van der Waals surface area contributed by atoms with Gasteiger partial charge in [-0.1, -0.05) is 52.4 Å². The van der Waals surface area contributed by atoms with Gasteiger partial charge in [-0.2, -0.15) is 0 Å². The molecule has 0 aliphatic carbocycles. The molecule has 0 aromatic carbocycles. The van der Waals surface area contributed by atoms with Crippen LogP contribution in [-0.2, 0) is 0 Å². The Morgan fingerprint density at radius 2 is 0.714 bits per heavy atom. The topological polar surface area (TPSA) is 0 Å². The SMILES string of the molecule is CCCCCCCC.[Br-].[Br-].[Br-].[Br-].[Mg+2].[Mg+2]. The number of hydrogen-bond acceptors (Lipinski definition) is 0. The number of hydrogen-bond donors (Lipinski definition) is 0. The summed E-state index contributed by atoms with van der Waals surface area (Å²) in [4.78, 5) is 0. The van der Waals surface area contributed by atoms with E-state index in [1.807, 2.05) is 0 Å². The molecule has 0 unspecified atom stereocenters. The van der Waals surface area contributed by atoms with Gasteiger partial charge in [0.05, 0.1) is 0 Å². The van der Waals surface area contributed by atoms with E-state index in [2.05, 4.69) is 13.8 Å². The molecule has 0 atom stereocenters. The minimum atomic E-state index is 0. The molecule has 0 nitrogen and oxygen atoms in total. The molecule has 82 valence electrons. The summed E-state index contributed by atoms with van der Waals surface area (Å²) >= 11 is 0. The molecule has 0 aromatic rings. The Kier molecular flexibility index (Phi) is 136. The van der Waals surface area contributed by atoms with Crippen LogP contribution in [0, 0.1) is 0 Å². The van der Waals surface area contributed by atoms with Crippen LogP contribution in [0.25, 0.3) is 0 Å². The van der Waals surface area contributed by atoms with Crippen molar-refractivity contribution < 1.29 is 67.9 Å². The maximum atomic E-state index is 2.26. The molecule has 0 aromatic heterocycles. The van der Waals surface area contributed by atoms with Crippen LogP contribution in [0.5, 0.6) is 0 Å². The predicted molar refractivity (Wildman–Crippen MR) is 50.6 cm³/mol. The standard InChI is InChI=1S/C8H18.4BrH.2Mg/c1-3-5-7-8-6-4-2;;;;;;/h3-8H2,1-2H3;4*1H;;/q;;;;;2*+2/p-4. The van der Waals surface area contributed by atoms with Crippen molar-refractivity contribution >= 4 is 46.1 Å². The normalized spacial score (nSPS) is 5.57. The second-order valence-corrected chi connectivity index (χ2v) is 2.41. The Morgan fingerprint density at radius 3 is 0.857 bits per heavy atom. The summed E-state index contributed by atoms with van der Waals surface area (Å²) in [6.45, 7) is 4.51. The molecule has 0 radical (unpaired) electrons. The zero-order valence-corrected chi connectivity index (χ0v) is 18.3. The molecule has 0 N–H and O–H groups in total. The maximum Gasteiger partial charge on any atom is 2.00 e. The molecule has 0 rings (SSSR count). The molecule has 14 heavy (non-hydrogen) atoms. The Labute approximate surface area is 164 Å². The van der Waals surface area contributed by atoms with Crippen LogP contribution in [0.2, 0.25) is 0 Å². The first-order chi connectivity index (χ1) is 3.91. The average molecular weight is 482 g/mol. The molecule has 6 heteroatoms. The maximum absolute atomic E-state index is 2.26. The Morgan fingerprint density at radius 1 is 0.500 bits per heavy atom. The van der Waals surface area contributed by atoms with Crippen LogP contribution in [-0.4, -0.2) is 46.1 Å². The fourth-order valence-electron chi connectivity index (χ4n) is 0.854. The third-order valence-corrected chi connectivity index (χ3v) is 1.46. The van der Waals surface area contributed by atoms with E-state index < -0.39 is 0 Å². The van der Waals surface area contributed by atoms with Crippen molar-refractivity contribution in [3.63, 3.8) is 0 Å². The van der Waals surface area contributed by atoms with Gasteiger partial charge in [0.15, 0.2) is 0 Å². The summed E-state index contributed by atoms with van der Waals surface area (Å²) in [5.41, 5.74) is 0. The minimum Gasteiger partial charge on any atom is -1.00 e. The van der Waals surface area contributed by atoms with Crippen LogP contribution < -0.4 is 67.9 Å².